The molecule has 1 aromatic rings. The van der Waals surface area contributed by atoms with Crippen molar-refractivity contribution in [3.05, 3.63) is 29.3 Å². The van der Waals surface area contributed by atoms with Crippen molar-refractivity contribution in [1.82, 2.24) is 0 Å². The van der Waals surface area contributed by atoms with E-state index in [1.54, 1.807) is 7.11 Å². The highest BCUT2D eigenvalue weighted by Gasteiger charge is 2.32. The molecule has 0 atom stereocenters. The second-order valence-corrected chi connectivity index (χ2v) is 4.32. The van der Waals surface area contributed by atoms with Crippen LogP contribution in [0.1, 0.15) is 18.1 Å². The minimum atomic E-state index is -0.499. The van der Waals surface area contributed by atoms with Gasteiger partial charge in [0.15, 0.2) is 5.79 Å². The lowest BCUT2D eigenvalue weighted by Crippen LogP contribution is -2.28. The molecule has 1 saturated heterocycles. The Morgan fingerprint density at radius 2 is 2.00 bits per heavy atom. The molecule has 0 aromatic heterocycles. The molecule has 0 radical (unpaired) electrons. The highest BCUT2D eigenvalue weighted by atomic mass is 16.7. The second-order valence-electron chi connectivity index (χ2n) is 4.32. The van der Waals surface area contributed by atoms with Crippen LogP contribution in [0.15, 0.2) is 18.2 Å². The number of benzene rings is 1. The van der Waals surface area contributed by atoms with Gasteiger partial charge >= 0.3 is 0 Å². The second kappa shape index (κ2) is 4.44. The molecular formula is C13H18O3. The third-order valence-electron chi connectivity index (χ3n) is 2.85. The van der Waals surface area contributed by atoms with Crippen LogP contribution in [-0.4, -0.2) is 26.1 Å². The number of hydrogen-bond donors (Lipinski definition) is 0. The van der Waals surface area contributed by atoms with Crippen LogP contribution in [0.25, 0.3) is 0 Å². The van der Waals surface area contributed by atoms with Crippen LogP contribution in [0.3, 0.4) is 0 Å². The Hall–Kier alpha value is -1.06. The smallest absolute Gasteiger partial charge is 0.169 e. The molecule has 1 fully saturated rings. The first-order chi connectivity index (χ1) is 7.63. The molecule has 3 nitrogen and oxygen atoms in total. The Kier molecular flexibility index (Phi) is 3.17. The van der Waals surface area contributed by atoms with E-state index in [4.69, 9.17) is 14.2 Å². The molecule has 0 N–H and O–H groups in total. The van der Waals surface area contributed by atoms with Crippen molar-refractivity contribution in [2.75, 3.05) is 20.3 Å². The fraction of sp³-hybridized carbons (Fsp3) is 0.538. The van der Waals surface area contributed by atoms with Crippen molar-refractivity contribution < 1.29 is 14.2 Å². The molecule has 1 heterocycles. The molecule has 1 aromatic carbocycles. The number of ether oxygens (including phenoxy) is 3. The lowest BCUT2D eigenvalue weighted by atomic mass is 10.0. The van der Waals surface area contributed by atoms with Crippen LogP contribution in [0.5, 0.6) is 5.75 Å². The van der Waals surface area contributed by atoms with Crippen LogP contribution in [0, 0.1) is 6.92 Å². The summed E-state index contributed by atoms with van der Waals surface area (Å²) < 4.78 is 16.6. The third-order valence-corrected chi connectivity index (χ3v) is 2.85. The van der Waals surface area contributed by atoms with Gasteiger partial charge in [0.1, 0.15) is 5.75 Å². The summed E-state index contributed by atoms with van der Waals surface area (Å²) in [4.78, 5) is 0. The zero-order valence-corrected chi connectivity index (χ0v) is 10.1. The summed E-state index contributed by atoms with van der Waals surface area (Å²) in [5.41, 5.74) is 2.35. The van der Waals surface area contributed by atoms with E-state index in [9.17, 15) is 0 Å². The maximum Gasteiger partial charge on any atom is 0.169 e. The predicted octanol–water partition coefficient (Wildman–Crippen LogP) is 2.31. The normalized spacial score (nSPS) is 18.7. The number of methoxy groups -OCH3 is 1. The van der Waals surface area contributed by atoms with Gasteiger partial charge in [-0.2, -0.15) is 0 Å². The van der Waals surface area contributed by atoms with Gasteiger partial charge in [-0.1, -0.05) is 17.7 Å². The average molecular weight is 222 g/mol. The molecule has 0 amide bonds. The highest BCUT2D eigenvalue weighted by molar-refractivity contribution is 5.37. The SMILES string of the molecule is COc1ccc(C)cc1CC1(C)OCCO1. The zero-order chi connectivity index (χ0) is 11.6. The van der Waals surface area contributed by atoms with Gasteiger partial charge in [-0.3, -0.25) is 0 Å². The Bertz CT molecular complexity index is 367. The maximum atomic E-state index is 5.61. The number of aryl methyl sites for hydroxylation is 1. The fourth-order valence-corrected chi connectivity index (χ4v) is 2.05. The van der Waals surface area contributed by atoms with Crippen LogP contribution in [0.4, 0.5) is 0 Å². The van der Waals surface area contributed by atoms with E-state index >= 15 is 0 Å². The molecule has 0 unspecified atom stereocenters. The summed E-state index contributed by atoms with van der Waals surface area (Å²) >= 11 is 0. The summed E-state index contributed by atoms with van der Waals surface area (Å²) in [5.74, 6) is 0.395. The van der Waals surface area contributed by atoms with Crippen molar-refractivity contribution in [1.29, 1.82) is 0 Å². The van der Waals surface area contributed by atoms with E-state index in [0.29, 0.717) is 13.2 Å². The van der Waals surface area contributed by atoms with Crippen molar-refractivity contribution in [3.63, 3.8) is 0 Å². The zero-order valence-electron chi connectivity index (χ0n) is 10.1. The van der Waals surface area contributed by atoms with Crippen molar-refractivity contribution in [2.45, 2.75) is 26.1 Å². The topological polar surface area (TPSA) is 27.7 Å². The van der Waals surface area contributed by atoms with E-state index in [1.807, 2.05) is 19.1 Å². The number of rotatable bonds is 3. The first kappa shape index (κ1) is 11.4. The minimum Gasteiger partial charge on any atom is -0.496 e. The summed E-state index contributed by atoms with van der Waals surface area (Å²) in [6.45, 7) is 5.39. The van der Waals surface area contributed by atoms with Gasteiger partial charge in [-0.05, 0) is 25.5 Å². The largest absolute Gasteiger partial charge is 0.496 e. The molecular weight excluding hydrogens is 204 g/mol. The third kappa shape index (κ3) is 2.36. The van der Waals surface area contributed by atoms with Gasteiger partial charge in [0.2, 0.25) is 0 Å². The van der Waals surface area contributed by atoms with Gasteiger partial charge in [-0.25, -0.2) is 0 Å². The highest BCUT2D eigenvalue weighted by Crippen LogP contribution is 2.29. The van der Waals surface area contributed by atoms with Crippen LogP contribution in [0.2, 0.25) is 0 Å². The minimum absolute atomic E-state index is 0.499. The molecule has 3 heteroatoms. The Labute approximate surface area is 96.3 Å². The molecule has 0 saturated carbocycles. The molecule has 0 bridgehead atoms. The number of hydrogen-bond acceptors (Lipinski definition) is 3. The quantitative estimate of drug-likeness (QED) is 0.785. The van der Waals surface area contributed by atoms with E-state index in [1.165, 1.54) is 5.56 Å². The van der Waals surface area contributed by atoms with Gasteiger partial charge in [0.05, 0.1) is 20.3 Å². The molecule has 0 aliphatic carbocycles. The summed E-state index contributed by atoms with van der Waals surface area (Å²) in [5, 5.41) is 0. The molecule has 0 spiro atoms. The van der Waals surface area contributed by atoms with Gasteiger partial charge in [0.25, 0.3) is 0 Å². The van der Waals surface area contributed by atoms with Crippen LogP contribution < -0.4 is 4.74 Å². The first-order valence-electron chi connectivity index (χ1n) is 5.54. The summed E-state index contributed by atoms with van der Waals surface area (Å²) in [7, 11) is 1.69. The Morgan fingerprint density at radius 1 is 1.31 bits per heavy atom. The van der Waals surface area contributed by atoms with Gasteiger partial charge < -0.3 is 14.2 Å². The Morgan fingerprint density at radius 3 is 2.62 bits per heavy atom. The standard InChI is InChI=1S/C13H18O3/c1-10-4-5-12(14-3)11(8-10)9-13(2)15-6-7-16-13/h4-5,8H,6-7,9H2,1-3H3. The van der Waals surface area contributed by atoms with Crippen molar-refractivity contribution >= 4 is 0 Å². The van der Waals surface area contributed by atoms with E-state index in [2.05, 4.69) is 13.0 Å². The van der Waals surface area contributed by atoms with Gasteiger partial charge in [-0.15, -0.1) is 0 Å². The van der Waals surface area contributed by atoms with E-state index in [0.717, 1.165) is 17.7 Å². The monoisotopic (exact) mass is 222 g/mol. The predicted molar refractivity (Wildman–Crippen MR) is 61.7 cm³/mol. The van der Waals surface area contributed by atoms with Crippen LogP contribution >= 0.6 is 0 Å². The van der Waals surface area contributed by atoms with Crippen molar-refractivity contribution in [2.24, 2.45) is 0 Å². The van der Waals surface area contributed by atoms with E-state index in [-0.39, 0.29) is 0 Å². The first-order valence-corrected chi connectivity index (χ1v) is 5.54. The molecule has 2 rings (SSSR count). The summed E-state index contributed by atoms with van der Waals surface area (Å²) in [6.07, 6.45) is 0.720. The van der Waals surface area contributed by atoms with E-state index < -0.39 is 5.79 Å². The average Bonchev–Trinajstić information content (AvgIpc) is 2.65. The fourth-order valence-electron chi connectivity index (χ4n) is 2.05. The van der Waals surface area contributed by atoms with Crippen LogP contribution in [-0.2, 0) is 15.9 Å². The lowest BCUT2D eigenvalue weighted by Gasteiger charge is -2.23. The van der Waals surface area contributed by atoms with Crippen molar-refractivity contribution in [3.8, 4) is 5.75 Å². The summed E-state index contributed by atoms with van der Waals surface area (Å²) in [6, 6.07) is 6.15. The molecule has 1 aliphatic heterocycles. The maximum absolute atomic E-state index is 5.61. The molecule has 88 valence electrons. The molecule has 16 heavy (non-hydrogen) atoms. The lowest BCUT2D eigenvalue weighted by molar-refractivity contribution is -0.140. The molecule has 1 aliphatic rings. The van der Waals surface area contributed by atoms with Gasteiger partial charge in [0, 0.05) is 6.42 Å². The Balaban J connectivity index is 2.22.